The van der Waals surface area contributed by atoms with Crippen molar-refractivity contribution in [3.8, 4) is 5.75 Å². The van der Waals surface area contributed by atoms with Crippen LogP contribution in [0.25, 0.3) is 0 Å². The van der Waals surface area contributed by atoms with Gasteiger partial charge in [-0.05, 0) is 40.3 Å². The molecule has 0 spiro atoms. The molecular formula is C16H19IN2O2. The van der Waals surface area contributed by atoms with Crippen molar-refractivity contribution in [2.24, 2.45) is 5.84 Å². The summed E-state index contributed by atoms with van der Waals surface area (Å²) in [5.74, 6) is 6.61. The van der Waals surface area contributed by atoms with E-state index < -0.39 is 0 Å². The lowest BCUT2D eigenvalue weighted by Crippen LogP contribution is -2.30. The number of benzene rings is 2. The fourth-order valence-electron chi connectivity index (χ4n) is 2.14. The first-order valence-corrected chi connectivity index (χ1v) is 7.77. The van der Waals surface area contributed by atoms with Crippen LogP contribution in [0.2, 0.25) is 0 Å². The third kappa shape index (κ3) is 4.16. The van der Waals surface area contributed by atoms with Gasteiger partial charge in [-0.25, -0.2) is 5.43 Å². The summed E-state index contributed by atoms with van der Waals surface area (Å²) in [7, 11) is 1.66. The quantitative estimate of drug-likeness (QED) is 0.326. The average molecular weight is 398 g/mol. The Morgan fingerprint density at radius 2 is 1.71 bits per heavy atom. The van der Waals surface area contributed by atoms with Crippen LogP contribution in [0.3, 0.4) is 0 Å². The fraction of sp³-hybridized carbons (Fsp3) is 0.250. The predicted octanol–water partition coefficient (Wildman–Crippen LogP) is 2.87. The standard InChI is InChI=1S/C16H19IN2O2/c1-20-10-11-21-15-9-5-3-7-13(15)16(19-18)12-6-2-4-8-14(12)17/h2-9,16,19H,10-11,18H2,1H3. The van der Waals surface area contributed by atoms with Crippen LogP contribution >= 0.6 is 22.6 Å². The number of hydrogen-bond acceptors (Lipinski definition) is 4. The van der Waals surface area contributed by atoms with Gasteiger partial charge in [0.2, 0.25) is 0 Å². The average Bonchev–Trinajstić information content (AvgIpc) is 2.51. The van der Waals surface area contributed by atoms with Gasteiger partial charge in [-0.1, -0.05) is 36.4 Å². The number of hydrazine groups is 1. The molecule has 0 saturated carbocycles. The zero-order valence-corrected chi connectivity index (χ0v) is 14.0. The highest BCUT2D eigenvalue weighted by Crippen LogP contribution is 2.31. The van der Waals surface area contributed by atoms with Crippen LogP contribution in [0.1, 0.15) is 17.2 Å². The van der Waals surface area contributed by atoms with E-state index >= 15 is 0 Å². The van der Waals surface area contributed by atoms with E-state index in [4.69, 9.17) is 15.3 Å². The maximum absolute atomic E-state index is 5.80. The van der Waals surface area contributed by atoms with E-state index in [9.17, 15) is 0 Å². The van der Waals surface area contributed by atoms with Crippen molar-refractivity contribution in [2.45, 2.75) is 6.04 Å². The molecule has 0 aliphatic carbocycles. The van der Waals surface area contributed by atoms with Gasteiger partial charge in [0.25, 0.3) is 0 Å². The first-order chi connectivity index (χ1) is 10.3. The number of ether oxygens (including phenoxy) is 2. The Morgan fingerprint density at radius 1 is 1.05 bits per heavy atom. The molecule has 0 aliphatic rings. The lowest BCUT2D eigenvalue weighted by Gasteiger charge is -2.21. The highest BCUT2D eigenvalue weighted by atomic mass is 127. The van der Waals surface area contributed by atoms with Crippen molar-refractivity contribution in [1.82, 2.24) is 5.43 Å². The van der Waals surface area contributed by atoms with Crippen molar-refractivity contribution in [2.75, 3.05) is 20.3 Å². The molecule has 2 aromatic carbocycles. The molecule has 0 radical (unpaired) electrons. The second kappa shape index (κ2) is 8.33. The van der Waals surface area contributed by atoms with Crippen LogP contribution in [0.4, 0.5) is 0 Å². The Kier molecular flexibility index (Phi) is 6.44. The van der Waals surface area contributed by atoms with E-state index in [0.29, 0.717) is 13.2 Å². The summed E-state index contributed by atoms with van der Waals surface area (Å²) in [6, 6.07) is 16.0. The molecule has 0 aromatic heterocycles. The van der Waals surface area contributed by atoms with Gasteiger partial charge in [0.1, 0.15) is 12.4 Å². The second-order valence-corrected chi connectivity index (χ2v) is 5.66. The number of rotatable bonds is 7. The Bertz CT molecular complexity index is 578. The number of hydrogen-bond donors (Lipinski definition) is 2. The lowest BCUT2D eigenvalue weighted by atomic mass is 9.98. The number of para-hydroxylation sites is 1. The van der Waals surface area contributed by atoms with E-state index in [1.807, 2.05) is 36.4 Å². The predicted molar refractivity (Wildman–Crippen MR) is 92.1 cm³/mol. The molecule has 0 heterocycles. The van der Waals surface area contributed by atoms with Crippen molar-refractivity contribution in [1.29, 1.82) is 0 Å². The van der Waals surface area contributed by atoms with Gasteiger partial charge in [-0.15, -0.1) is 0 Å². The molecular weight excluding hydrogens is 379 g/mol. The molecule has 0 bridgehead atoms. The maximum Gasteiger partial charge on any atom is 0.124 e. The van der Waals surface area contributed by atoms with Crippen molar-refractivity contribution in [3.63, 3.8) is 0 Å². The molecule has 0 aliphatic heterocycles. The third-order valence-electron chi connectivity index (χ3n) is 3.16. The van der Waals surface area contributed by atoms with Gasteiger partial charge in [0.05, 0.1) is 12.6 Å². The molecule has 5 heteroatoms. The molecule has 21 heavy (non-hydrogen) atoms. The molecule has 0 amide bonds. The fourth-order valence-corrected chi connectivity index (χ4v) is 2.84. The Hall–Kier alpha value is -1.15. The van der Waals surface area contributed by atoms with Crippen molar-refractivity contribution in [3.05, 3.63) is 63.2 Å². The lowest BCUT2D eigenvalue weighted by molar-refractivity contribution is 0.145. The molecule has 2 aromatic rings. The van der Waals surface area contributed by atoms with Gasteiger partial charge >= 0.3 is 0 Å². The minimum Gasteiger partial charge on any atom is -0.491 e. The topological polar surface area (TPSA) is 56.5 Å². The molecule has 2 rings (SSSR count). The van der Waals surface area contributed by atoms with Crippen LogP contribution in [0.5, 0.6) is 5.75 Å². The Labute approximate surface area is 138 Å². The Morgan fingerprint density at radius 3 is 2.38 bits per heavy atom. The van der Waals surface area contributed by atoms with Crippen LogP contribution in [0.15, 0.2) is 48.5 Å². The summed E-state index contributed by atoms with van der Waals surface area (Å²) in [4.78, 5) is 0. The number of nitrogens with one attached hydrogen (secondary N) is 1. The van der Waals surface area contributed by atoms with E-state index in [1.165, 1.54) is 0 Å². The first kappa shape index (κ1) is 16.2. The minimum atomic E-state index is -0.114. The molecule has 1 unspecified atom stereocenters. The normalized spacial score (nSPS) is 12.1. The largest absolute Gasteiger partial charge is 0.491 e. The zero-order chi connectivity index (χ0) is 15.1. The molecule has 4 nitrogen and oxygen atoms in total. The summed E-state index contributed by atoms with van der Waals surface area (Å²) in [5.41, 5.74) is 5.03. The molecule has 0 saturated heterocycles. The second-order valence-electron chi connectivity index (χ2n) is 4.50. The van der Waals surface area contributed by atoms with Gasteiger partial charge in [0, 0.05) is 16.2 Å². The van der Waals surface area contributed by atoms with Crippen LogP contribution < -0.4 is 16.0 Å². The number of methoxy groups -OCH3 is 1. The van der Waals surface area contributed by atoms with E-state index in [-0.39, 0.29) is 6.04 Å². The highest BCUT2D eigenvalue weighted by molar-refractivity contribution is 14.1. The van der Waals surface area contributed by atoms with Gasteiger partial charge in [-0.2, -0.15) is 0 Å². The van der Waals surface area contributed by atoms with Gasteiger partial charge in [-0.3, -0.25) is 5.84 Å². The van der Waals surface area contributed by atoms with Crippen LogP contribution in [-0.4, -0.2) is 20.3 Å². The minimum absolute atomic E-state index is 0.114. The van der Waals surface area contributed by atoms with Crippen molar-refractivity contribution >= 4 is 22.6 Å². The maximum atomic E-state index is 5.80. The number of nitrogens with two attached hydrogens (primary N) is 1. The van der Waals surface area contributed by atoms with E-state index in [1.54, 1.807) is 7.11 Å². The van der Waals surface area contributed by atoms with Gasteiger partial charge < -0.3 is 9.47 Å². The highest BCUT2D eigenvalue weighted by Gasteiger charge is 2.18. The Balaban J connectivity index is 2.32. The van der Waals surface area contributed by atoms with E-state index in [2.05, 4.69) is 40.1 Å². The van der Waals surface area contributed by atoms with Gasteiger partial charge in [0.15, 0.2) is 0 Å². The van der Waals surface area contributed by atoms with Crippen LogP contribution in [-0.2, 0) is 4.74 Å². The summed E-state index contributed by atoms with van der Waals surface area (Å²) in [6.45, 7) is 1.06. The van der Waals surface area contributed by atoms with Crippen molar-refractivity contribution < 1.29 is 9.47 Å². The first-order valence-electron chi connectivity index (χ1n) is 6.69. The smallest absolute Gasteiger partial charge is 0.124 e. The SMILES string of the molecule is COCCOc1ccccc1C(NN)c1ccccc1I. The molecule has 1 atom stereocenters. The molecule has 112 valence electrons. The molecule has 3 N–H and O–H groups in total. The summed E-state index contributed by atoms with van der Waals surface area (Å²) >= 11 is 2.32. The summed E-state index contributed by atoms with van der Waals surface area (Å²) < 4.78 is 12.0. The molecule has 0 fully saturated rings. The summed E-state index contributed by atoms with van der Waals surface area (Å²) in [6.07, 6.45) is 0. The van der Waals surface area contributed by atoms with E-state index in [0.717, 1.165) is 20.4 Å². The van der Waals surface area contributed by atoms with Crippen LogP contribution in [0, 0.1) is 3.57 Å². The number of halogens is 1. The zero-order valence-electron chi connectivity index (χ0n) is 11.9. The summed E-state index contributed by atoms with van der Waals surface area (Å²) in [5, 5.41) is 0. The monoisotopic (exact) mass is 398 g/mol. The third-order valence-corrected chi connectivity index (χ3v) is 4.14.